The normalized spacial score (nSPS) is 29.3. The largest absolute Gasteiger partial charge is 0.298 e. The van der Waals surface area contributed by atoms with Crippen LogP contribution < -0.4 is 4.72 Å². The van der Waals surface area contributed by atoms with E-state index in [0.29, 0.717) is 12.1 Å². The van der Waals surface area contributed by atoms with Crippen LogP contribution >= 0.6 is 0 Å². The van der Waals surface area contributed by atoms with Gasteiger partial charge in [-0.05, 0) is 59.7 Å². The molecule has 0 aliphatic carbocycles. The summed E-state index contributed by atoms with van der Waals surface area (Å²) in [6.45, 7) is 7.81. The zero-order valence-corrected chi connectivity index (χ0v) is 14.5. The second kappa shape index (κ2) is 7.40. The van der Waals surface area contributed by atoms with Gasteiger partial charge in [-0.15, -0.1) is 0 Å². The van der Waals surface area contributed by atoms with Crippen LogP contribution in [0.15, 0.2) is 0 Å². The van der Waals surface area contributed by atoms with Crippen LogP contribution in [0.5, 0.6) is 0 Å². The van der Waals surface area contributed by atoms with Gasteiger partial charge in [0, 0.05) is 24.7 Å². The first-order valence-corrected chi connectivity index (χ1v) is 9.99. The third-order valence-electron chi connectivity index (χ3n) is 5.00. The highest BCUT2D eigenvalue weighted by atomic mass is 32.2. The predicted molar refractivity (Wildman–Crippen MR) is 86.9 cm³/mol. The molecule has 0 bridgehead atoms. The first-order valence-electron chi connectivity index (χ1n) is 8.34. The van der Waals surface area contributed by atoms with E-state index in [-0.39, 0.29) is 11.8 Å². The summed E-state index contributed by atoms with van der Waals surface area (Å²) in [5, 5.41) is 0. The number of piperidine rings is 1. The molecule has 2 heterocycles. The van der Waals surface area contributed by atoms with Gasteiger partial charge in [0.2, 0.25) is 10.0 Å². The Balaban J connectivity index is 1.96. The second-order valence-corrected chi connectivity index (χ2v) is 8.73. The fraction of sp³-hybridized carbons (Fsp3) is 1.00. The number of nitrogens with zero attached hydrogens (tertiary/aromatic N) is 2. The predicted octanol–water partition coefficient (Wildman–Crippen LogP) is 1.26. The van der Waals surface area contributed by atoms with Crippen molar-refractivity contribution in [3.05, 3.63) is 0 Å². The molecule has 2 aliphatic rings. The second-order valence-electron chi connectivity index (χ2n) is 6.76. The van der Waals surface area contributed by atoms with E-state index in [2.05, 4.69) is 28.4 Å². The molecule has 6 heteroatoms. The van der Waals surface area contributed by atoms with Gasteiger partial charge in [-0.3, -0.25) is 9.80 Å². The lowest BCUT2D eigenvalue weighted by atomic mass is 9.99. The third-order valence-corrected chi connectivity index (χ3v) is 6.45. The molecule has 2 atom stereocenters. The lowest BCUT2D eigenvalue weighted by Crippen LogP contribution is -2.51. The molecule has 0 aromatic carbocycles. The van der Waals surface area contributed by atoms with Crippen molar-refractivity contribution >= 4 is 10.0 Å². The maximum absolute atomic E-state index is 11.8. The maximum atomic E-state index is 11.8. The van der Waals surface area contributed by atoms with Gasteiger partial charge in [0.1, 0.15) is 0 Å². The van der Waals surface area contributed by atoms with Gasteiger partial charge in [-0.25, -0.2) is 13.1 Å². The van der Waals surface area contributed by atoms with Crippen molar-refractivity contribution in [2.24, 2.45) is 0 Å². The van der Waals surface area contributed by atoms with Gasteiger partial charge < -0.3 is 0 Å². The first-order chi connectivity index (χ1) is 9.93. The summed E-state index contributed by atoms with van der Waals surface area (Å²) >= 11 is 0. The fourth-order valence-electron chi connectivity index (χ4n) is 3.83. The lowest BCUT2D eigenvalue weighted by Gasteiger charge is -2.41. The van der Waals surface area contributed by atoms with Crippen molar-refractivity contribution < 1.29 is 8.42 Å². The van der Waals surface area contributed by atoms with Crippen molar-refractivity contribution in [3.63, 3.8) is 0 Å². The summed E-state index contributed by atoms with van der Waals surface area (Å²) in [6, 6.07) is 1.37. The number of rotatable bonds is 6. The van der Waals surface area contributed by atoms with Crippen LogP contribution in [0.1, 0.15) is 46.0 Å². The highest BCUT2D eigenvalue weighted by Gasteiger charge is 2.33. The Bertz CT molecular complexity index is 425. The van der Waals surface area contributed by atoms with Gasteiger partial charge in [0.05, 0.1) is 5.75 Å². The average molecular weight is 317 g/mol. The van der Waals surface area contributed by atoms with Crippen LogP contribution in [0.3, 0.4) is 0 Å². The number of hydrogen-bond donors (Lipinski definition) is 1. The Labute approximate surface area is 130 Å². The van der Waals surface area contributed by atoms with Crippen molar-refractivity contribution in [3.8, 4) is 0 Å². The van der Waals surface area contributed by atoms with E-state index in [9.17, 15) is 8.42 Å². The summed E-state index contributed by atoms with van der Waals surface area (Å²) in [6.07, 6.45) is 5.99. The Hall–Kier alpha value is -0.170. The molecule has 1 N–H and O–H groups in total. The summed E-state index contributed by atoms with van der Waals surface area (Å²) < 4.78 is 26.1. The van der Waals surface area contributed by atoms with Crippen molar-refractivity contribution in [2.75, 3.05) is 32.4 Å². The molecule has 2 unspecified atom stereocenters. The number of likely N-dealkylation sites (tertiary alicyclic amines) is 2. The Morgan fingerprint density at radius 2 is 1.81 bits per heavy atom. The lowest BCUT2D eigenvalue weighted by molar-refractivity contribution is 0.0763. The van der Waals surface area contributed by atoms with Gasteiger partial charge in [0.15, 0.2) is 0 Å². The van der Waals surface area contributed by atoms with Crippen LogP contribution in [-0.4, -0.2) is 68.8 Å². The average Bonchev–Trinajstić information content (AvgIpc) is 2.86. The molecule has 0 aromatic heterocycles. The minimum atomic E-state index is -3.11. The zero-order chi connectivity index (χ0) is 15.5. The molecule has 2 rings (SSSR count). The Morgan fingerprint density at radius 1 is 1.10 bits per heavy atom. The summed E-state index contributed by atoms with van der Waals surface area (Å²) in [7, 11) is -1.60. The summed E-state index contributed by atoms with van der Waals surface area (Å²) in [5.74, 6) is 0.248. The number of sulfonamides is 1. The SMILES string of the molecule is CNS(=O)(=O)CC1CCCN1CC1CCCCN1C(C)C. The highest BCUT2D eigenvalue weighted by Crippen LogP contribution is 2.25. The molecule has 124 valence electrons. The molecular formula is C15H31N3O2S. The smallest absolute Gasteiger partial charge is 0.212 e. The van der Waals surface area contributed by atoms with Crippen LogP contribution in [0.25, 0.3) is 0 Å². The van der Waals surface area contributed by atoms with Gasteiger partial charge in [-0.1, -0.05) is 6.42 Å². The standard InChI is InChI=1S/C15H31N3O2S/c1-13(2)18-10-5-4-7-14(18)11-17-9-6-8-15(17)12-21(19,20)16-3/h13-16H,4-12H2,1-3H3. The molecule has 0 amide bonds. The molecule has 0 saturated carbocycles. The minimum absolute atomic E-state index is 0.193. The molecule has 2 fully saturated rings. The van der Waals surface area contributed by atoms with E-state index < -0.39 is 10.0 Å². The first kappa shape index (κ1) is 17.2. The highest BCUT2D eigenvalue weighted by molar-refractivity contribution is 7.89. The van der Waals surface area contributed by atoms with Crippen LogP contribution in [0.2, 0.25) is 0 Å². The number of hydrogen-bond acceptors (Lipinski definition) is 4. The molecular weight excluding hydrogens is 286 g/mol. The van der Waals surface area contributed by atoms with E-state index in [0.717, 1.165) is 25.9 Å². The van der Waals surface area contributed by atoms with Gasteiger partial charge in [0.25, 0.3) is 0 Å². The van der Waals surface area contributed by atoms with Crippen LogP contribution in [0, 0.1) is 0 Å². The maximum Gasteiger partial charge on any atom is 0.212 e. The molecule has 0 radical (unpaired) electrons. The minimum Gasteiger partial charge on any atom is -0.298 e. The molecule has 0 spiro atoms. The Kier molecular flexibility index (Phi) is 6.05. The van der Waals surface area contributed by atoms with Gasteiger partial charge >= 0.3 is 0 Å². The topological polar surface area (TPSA) is 52.7 Å². The quantitative estimate of drug-likeness (QED) is 0.801. The molecule has 0 aromatic rings. The van der Waals surface area contributed by atoms with E-state index in [1.165, 1.54) is 32.9 Å². The van der Waals surface area contributed by atoms with Crippen molar-refractivity contribution in [2.45, 2.75) is 64.1 Å². The molecule has 2 aliphatic heterocycles. The monoisotopic (exact) mass is 317 g/mol. The van der Waals surface area contributed by atoms with Crippen molar-refractivity contribution in [1.29, 1.82) is 0 Å². The molecule has 5 nitrogen and oxygen atoms in total. The van der Waals surface area contributed by atoms with E-state index in [1.807, 2.05) is 0 Å². The van der Waals surface area contributed by atoms with Crippen molar-refractivity contribution in [1.82, 2.24) is 14.5 Å². The Morgan fingerprint density at radius 3 is 2.48 bits per heavy atom. The van der Waals surface area contributed by atoms with E-state index >= 15 is 0 Å². The van der Waals surface area contributed by atoms with E-state index in [4.69, 9.17) is 0 Å². The summed E-state index contributed by atoms with van der Waals surface area (Å²) in [5.41, 5.74) is 0. The molecule has 21 heavy (non-hydrogen) atoms. The fourth-order valence-corrected chi connectivity index (χ4v) is 4.88. The summed E-state index contributed by atoms with van der Waals surface area (Å²) in [4.78, 5) is 5.02. The zero-order valence-electron chi connectivity index (χ0n) is 13.7. The van der Waals surface area contributed by atoms with Gasteiger partial charge in [-0.2, -0.15) is 0 Å². The third kappa shape index (κ3) is 4.65. The number of nitrogens with one attached hydrogen (secondary N) is 1. The van der Waals surface area contributed by atoms with Crippen LogP contribution in [-0.2, 0) is 10.0 Å². The van der Waals surface area contributed by atoms with Crippen LogP contribution in [0.4, 0.5) is 0 Å². The van der Waals surface area contributed by atoms with E-state index in [1.54, 1.807) is 0 Å². The molecule has 2 saturated heterocycles.